The van der Waals surface area contributed by atoms with Crippen LogP contribution in [0, 0.1) is 24.1 Å². The zero-order valence-corrected chi connectivity index (χ0v) is 19.8. The van der Waals surface area contributed by atoms with Crippen molar-refractivity contribution in [2.45, 2.75) is 26.6 Å². The highest BCUT2D eigenvalue weighted by Crippen LogP contribution is 2.31. The van der Waals surface area contributed by atoms with Crippen molar-refractivity contribution < 1.29 is 35.5 Å². The maximum atomic E-state index is 14.4. The Labute approximate surface area is 200 Å². The van der Waals surface area contributed by atoms with E-state index in [1.54, 1.807) is 0 Å². The van der Waals surface area contributed by atoms with Crippen LogP contribution < -0.4 is 14.8 Å². The number of halogens is 4. The number of sulfonamides is 1. The van der Waals surface area contributed by atoms with Crippen LogP contribution in [-0.4, -0.2) is 32.2 Å². The van der Waals surface area contributed by atoms with E-state index in [2.05, 4.69) is 16.2 Å². The van der Waals surface area contributed by atoms with Crippen LogP contribution in [0.1, 0.15) is 36.2 Å². The molecule has 188 valence electrons. The van der Waals surface area contributed by atoms with Gasteiger partial charge in [-0.3, -0.25) is 9.52 Å². The van der Waals surface area contributed by atoms with E-state index in [0.717, 1.165) is 30.5 Å². The third-order valence-corrected chi connectivity index (χ3v) is 4.78. The summed E-state index contributed by atoms with van der Waals surface area (Å²) in [6.45, 7) is 3.59. The average Bonchev–Trinajstić information content (AvgIpc) is 2.74. The fraction of sp³-hybridized carbons (Fsp3) is 0.304. The number of hydrogen-bond donors (Lipinski definition) is 2. The second-order valence-corrected chi connectivity index (χ2v) is 9.61. The molecule has 0 saturated heterocycles. The number of rotatable bonds is 9. The molecule has 0 unspecified atom stereocenters. The molecule has 0 aliphatic carbocycles. The van der Waals surface area contributed by atoms with E-state index < -0.39 is 33.6 Å². The molecule has 0 saturated carbocycles. The lowest BCUT2D eigenvalue weighted by Crippen LogP contribution is -2.21. The predicted octanol–water partition coefficient (Wildman–Crippen LogP) is 3.96. The minimum Gasteiger partial charge on any atom is -0.477 e. The van der Waals surface area contributed by atoms with Crippen LogP contribution >= 0.6 is 0 Å². The number of nitrogens with one attached hydrogen (secondary N) is 2. The van der Waals surface area contributed by atoms with E-state index in [-0.39, 0.29) is 47.3 Å². The van der Waals surface area contributed by atoms with E-state index in [4.69, 9.17) is 11.2 Å². The highest BCUT2D eigenvalue weighted by molar-refractivity contribution is 7.92. The summed E-state index contributed by atoms with van der Waals surface area (Å²) >= 11 is 0. The SMILES string of the molecule is C#Cc1cc(CNC(=O)/C=C/c2ccc(C(F)(F)F)nc2OCC(C)C)cc(F)c1NS(C)(=O)=O. The summed E-state index contributed by atoms with van der Waals surface area (Å²) in [6, 6.07) is 4.25. The largest absolute Gasteiger partial charge is 0.477 e. The normalized spacial score (nSPS) is 12.0. The van der Waals surface area contributed by atoms with E-state index in [9.17, 15) is 30.8 Å². The molecule has 1 aromatic heterocycles. The van der Waals surface area contributed by atoms with Crippen molar-refractivity contribution in [3.05, 3.63) is 58.5 Å². The number of aromatic nitrogens is 1. The molecule has 0 atom stereocenters. The third-order valence-electron chi connectivity index (χ3n) is 4.21. The highest BCUT2D eigenvalue weighted by Gasteiger charge is 2.33. The Morgan fingerprint density at radius 3 is 2.54 bits per heavy atom. The zero-order valence-electron chi connectivity index (χ0n) is 19.0. The second kappa shape index (κ2) is 11.2. The lowest BCUT2D eigenvalue weighted by molar-refractivity contribution is -0.141. The van der Waals surface area contributed by atoms with E-state index in [0.29, 0.717) is 0 Å². The van der Waals surface area contributed by atoms with Crippen LogP contribution in [0.5, 0.6) is 5.88 Å². The Balaban J connectivity index is 2.17. The van der Waals surface area contributed by atoms with Gasteiger partial charge in [-0.15, -0.1) is 6.42 Å². The van der Waals surface area contributed by atoms with Gasteiger partial charge >= 0.3 is 6.18 Å². The van der Waals surface area contributed by atoms with Crippen molar-refractivity contribution >= 4 is 27.7 Å². The summed E-state index contributed by atoms with van der Waals surface area (Å²) in [5, 5.41) is 2.48. The van der Waals surface area contributed by atoms with Gasteiger partial charge in [-0.05, 0) is 41.8 Å². The maximum Gasteiger partial charge on any atom is 0.433 e. The summed E-state index contributed by atoms with van der Waals surface area (Å²) in [5.74, 6) is 0.375. The fourth-order valence-electron chi connectivity index (χ4n) is 2.68. The number of carbonyl (C=O) groups is 1. The molecule has 12 heteroatoms. The summed E-state index contributed by atoms with van der Waals surface area (Å²) in [4.78, 5) is 15.7. The molecule has 0 bridgehead atoms. The predicted molar refractivity (Wildman–Crippen MR) is 123 cm³/mol. The Morgan fingerprint density at radius 2 is 1.97 bits per heavy atom. The maximum absolute atomic E-state index is 14.4. The second-order valence-electron chi connectivity index (χ2n) is 7.86. The van der Waals surface area contributed by atoms with Crippen LogP contribution in [0.2, 0.25) is 0 Å². The number of carbonyl (C=O) groups excluding carboxylic acids is 1. The van der Waals surface area contributed by atoms with Gasteiger partial charge in [0.25, 0.3) is 0 Å². The van der Waals surface area contributed by atoms with Crippen molar-refractivity contribution in [1.82, 2.24) is 10.3 Å². The van der Waals surface area contributed by atoms with Gasteiger partial charge < -0.3 is 10.1 Å². The molecule has 0 spiro atoms. The van der Waals surface area contributed by atoms with Crippen LogP contribution in [0.15, 0.2) is 30.3 Å². The summed E-state index contributed by atoms with van der Waals surface area (Å²) in [7, 11) is -3.77. The van der Waals surface area contributed by atoms with Gasteiger partial charge in [0.05, 0.1) is 24.1 Å². The molecule has 35 heavy (non-hydrogen) atoms. The van der Waals surface area contributed by atoms with Gasteiger partial charge in [0.15, 0.2) is 0 Å². The molecular weight excluding hydrogens is 490 g/mol. The average molecular weight is 514 g/mol. The standard InChI is InChI=1S/C23H23F4N3O4S/c1-5-16-10-15(11-18(24)21(16)30-35(4,32)33)12-28-20(31)9-7-17-6-8-19(23(25,26)27)29-22(17)34-13-14(2)3/h1,6-11,14,30H,12-13H2,2-4H3,(H,28,31)/b9-7+. The number of alkyl halides is 3. The molecule has 1 heterocycles. The van der Waals surface area contributed by atoms with Gasteiger partial charge in [-0.25, -0.2) is 17.8 Å². The number of ether oxygens (including phenoxy) is 1. The first-order chi connectivity index (χ1) is 16.2. The Morgan fingerprint density at radius 1 is 1.29 bits per heavy atom. The van der Waals surface area contributed by atoms with Gasteiger partial charge in [-0.1, -0.05) is 19.8 Å². The molecule has 1 amide bonds. The van der Waals surface area contributed by atoms with Crippen molar-refractivity contribution in [2.75, 3.05) is 17.6 Å². The molecule has 2 rings (SSSR count). The summed E-state index contributed by atoms with van der Waals surface area (Å²) in [6.07, 6.45) is 3.82. The van der Waals surface area contributed by atoms with Crippen LogP contribution in [0.4, 0.5) is 23.2 Å². The number of terminal acetylenes is 1. The first-order valence-corrected chi connectivity index (χ1v) is 12.0. The van der Waals surface area contributed by atoms with Gasteiger partial charge in [0.1, 0.15) is 11.5 Å². The van der Waals surface area contributed by atoms with Crippen LogP contribution in [0.3, 0.4) is 0 Å². The number of amides is 1. The van der Waals surface area contributed by atoms with Crippen LogP contribution in [0.25, 0.3) is 6.08 Å². The number of pyridine rings is 1. The van der Waals surface area contributed by atoms with Crippen molar-refractivity contribution in [2.24, 2.45) is 5.92 Å². The topological polar surface area (TPSA) is 97.4 Å². The highest BCUT2D eigenvalue weighted by atomic mass is 32.2. The van der Waals surface area contributed by atoms with Crippen molar-refractivity contribution in [1.29, 1.82) is 0 Å². The van der Waals surface area contributed by atoms with Gasteiger partial charge in [-0.2, -0.15) is 13.2 Å². The van der Waals surface area contributed by atoms with Gasteiger partial charge in [0, 0.05) is 18.2 Å². The molecule has 0 aliphatic rings. The fourth-order valence-corrected chi connectivity index (χ4v) is 3.26. The third kappa shape index (κ3) is 8.60. The van der Waals surface area contributed by atoms with Crippen molar-refractivity contribution in [3.63, 3.8) is 0 Å². The van der Waals surface area contributed by atoms with Crippen LogP contribution in [-0.2, 0) is 27.5 Å². The summed E-state index contributed by atoms with van der Waals surface area (Å²) in [5.41, 5.74) is -1.15. The lowest BCUT2D eigenvalue weighted by Gasteiger charge is -2.13. The minimum atomic E-state index is -4.66. The number of anilines is 1. The smallest absolute Gasteiger partial charge is 0.433 e. The first kappa shape index (κ1) is 27.7. The van der Waals surface area contributed by atoms with E-state index >= 15 is 0 Å². The monoisotopic (exact) mass is 513 g/mol. The Bertz CT molecular complexity index is 1270. The zero-order chi connectivity index (χ0) is 26.4. The van der Waals surface area contributed by atoms with Crippen molar-refractivity contribution in [3.8, 4) is 18.2 Å². The molecule has 1 aromatic carbocycles. The molecule has 0 radical (unpaired) electrons. The molecule has 2 aromatic rings. The minimum absolute atomic E-state index is 0.0267. The first-order valence-electron chi connectivity index (χ1n) is 10.1. The Kier molecular flexibility index (Phi) is 8.87. The number of nitrogens with zero attached hydrogens (tertiary/aromatic N) is 1. The number of benzene rings is 1. The van der Waals surface area contributed by atoms with E-state index in [1.807, 2.05) is 18.6 Å². The molecule has 7 nitrogen and oxygen atoms in total. The van der Waals surface area contributed by atoms with Gasteiger partial charge in [0.2, 0.25) is 21.8 Å². The lowest BCUT2D eigenvalue weighted by atomic mass is 10.1. The molecule has 2 N–H and O–H groups in total. The molecule has 0 fully saturated rings. The molecule has 0 aliphatic heterocycles. The molecular formula is C23H23F4N3O4S. The quantitative estimate of drug-likeness (QED) is 0.301. The Hall–Kier alpha value is -3.59. The summed E-state index contributed by atoms with van der Waals surface area (Å²) < 4.78 is 83.5. The number of hydrogen-bond acceptors (Lipinski definition) is 5. The van der Waals surface area contributed by atoms with E-state index in [1.165, 1.54) is 12.1 Å².